The average Bonchev–Trinajstić information content (AvgIpc) is 3.21. The molecule has 1 saturated heterocycles. The van der Waals surface area contributed by atoms with Gasteiger partial charge >= 0.3 is 0 Å². The third-order valence-electron chi connectivity index (χ3n) is 6.40. The fraction of sp³-hybridized carbons (Fsp3) is 0.385. The van der Waals surface area contributed by atoms with E-state index in [1.54, 1.807) is 0 Å². The number of carbonyl (C=O) groups is 1. The smallest absolute Gasteiger partial charge is 0.264 e. The first-order valence-corrected chi connectivity index (χ1v) is 11.2. The van der Waals surface area contributed by atoms with E-state index in [4.69, 9.17) is 9.72 Å². The number of nitrogens with zero attached hydrogens (tertiary/aromatic N) is 3. The highest BCUT2D eigenvalue weighted by Gasteiger charge is 2.25. The fourth-order valence-corrected chi connectivity index (χ4v) is 5.07. The molecule has 0 spiro atoms. The number of pyridine rings is 1. The number of amides is 1. The molecule has 2 atom stereocenters. The van der Waals surface area contributed by atoms with Gasteiger partial charge in [0.25, 0.3) is 5.91 Å². The molecule has 2 aliphatic heterocycles. The van der Waals surface area contributed by atoms with E-state index in [1.165, 1.54) is 12.0 Å². The summed E-state index contributed by atoms with van der Waals surface area (Å²) in [6, 6.07) is 18.2. The zero-order valence-corrected chi connectivity index (χ0v) is 18.3. The maximum atomic E-state index is 12.9. The highest BCUT2D eigenvalue weighted by Crippen LogP contribution is 2.31. The summed E-state index contributed by atoms with van der Waals surface area (Å²) in [5.74, 6) is 2.96. The Labute approximate surface area is 183 Å². The van der Waals surface area contributed by atoms with Crippen molar-refractivity contribution in [1.82, 2.24) is 4.98 Å². The van der Waals surface area contributed by atoms with Crippen LogP contribution in [0.5, 0.6) is 5.75 Å². The Morgan fingerprint density at radius 3 is 2.68 bits per heavy atom. The molecule has 5 nitrogen and oxygen atoms in total. The first-order valence-electron chi connectivity index (χ1n) is 11.2. The van der Waals surface area contributed by atoms with Crippen LogP contribution in [0.3, 0.4) is 0 Å². The Kier molecular flexibility index (Phi) is 5.26. The summed E-state index contributed by atoms with van der Waals surface area (Å²) in [7, 11) is 0. The van der Waals surface area contributed by atoms with E-state index in [-0.39, 0.29) is 12.5 Å². The van der Waals surface area contributed by atoms with Crippen molar-refractivity contribution in [2.75, 3.05) is 36.0 Å². The molecule has 1 fully saturated rings. The van der Waals surface area contributed by atoms with Crippen molar-refractivity contribution >= 4 is 28.3 Å². The van der Waals surface area contributed by atoms with Crippen LogP contribution < -0.4 is 14.5 Å². The summed E-state index contributed by atoms with van der Waals surface area (Å²) in [4.78, 5) is 22.0. The van der Waals surface area contributed by atoms with E-state index in [2.05, 4.69) is 36.9 Å². The average molecular weight is 416 g/mol. The number of ether oxygens (including phenoxy) is 1. The molecule has 160 valence electrons. The van der Waals surface area contributed by atoms with Crippen LogP contribution in [0.4, 0.5) is 11.5 Å². The second-order valence-corrected chi connectivity index (χ2v) is 9.06. The van der Waals surface area contributed by atoms with Crippen LogP contribution in [0.15, 0.2) is 54.6 Å². The highest BCUT2D eigenvalue weighted by molar-refractivity contribution is 5.96. The molecular formula is C26H29N3O2. The van der Waals surface area contributed by atoms with Gasteiger partial charge in [-0.05, 0) is 54.5 Å². The van der Waals surface area contributed by atoms with Crippen molar-refractivity contribution in [2.45, 2.75) is 26.7 Å². The summed E-state index contributed by atoms with van der Waals surface area (Å²) in [5.41, 5.74) is 3.04. The minimum Gasteiger partial charge on any atom is -0.481 e. The topological polar surface area (TPSA) is 45.7 Å². The molecule has 31 heavy (non-hydrogen) atoms. The lowest BCUT2D eigenvalue weighted by molar-refractivity contribution is -0.120. The Morgan fingerprint density at radius 2 is 1.84 bits per heavy atom. The van der Waals surface area contributed by atoms with E-state index in [0.29, 0.717) is 24.1 Å². The summed E-state index contributed by atoms with van der Waals surface area (Å²) in [5, 5.41) is 1.03. The number of aromatic nitrogens is 1. The van der Waals surface area contributed by atoms with Crippen LogP contribution in [0, 0.1) is 11.8 Å². The SMILES string of the molecule is CC1CC(C)CN(c2ccc3cccc(OCC(=O)N4CCc5ccccc54)c3n2)C1. The van der Waals surface area contributed by atoms with Gasteiger partial charge in [-0.15, -0.1) is 0 Å². The standard InChI is InChI=1S/C26H29N3O2/c1-18-14-19(2)16-28(15-18)24-11-10-21-7-5-9-23(26(21)27-24)31-17-25(30)29-13-12-20-6-3-4-8-22(20)29/h3-11,18-19H,12-17H2,1-2H3. The van der Waals surface area contributed by atoms with Gasteiger partial charge in [-0.3, -0.25) is 4.79 Å². The maximum Gasteiger partial charge on any atom is 0.264 e. The number of hydrogen-bond donors (Lipinski definition) is 0. The van der Waals surface area contributed by atoms with Gasteiger partial charge in [-0.2, -0.15) is 0 Å². The zero-order valence-electron chi connectivity index (χ0n) is 18.3. The van der Waals surface area contributed by atoms with Crippen molar-refractivity contribution in [1.29, 1.82) is 0 Å². The van der Waals surface area contributed by atoms with Gasteiger partial charge in [0.1, 0.15) is 17.1 Å². The van der Waals surface area contributed by atoms with Crippen molar-refractivity contribution in [3.8, 4) is 5.75 Å². The van der Waals surface area contributed by atoms with Crippen molar-refractivity contribution in [3.63, 3.8) is 0 Å². The molecule has 3 aromatic rings. The largest absolute Gasteiger partial charge is 0.481 e. The molecule has 2 unspecified atom stereocenters. The number of fused-ring (bicyclic) bond motifs is 2. The number of benzene rings is 2. The Bertz CT molecular complexity index is 1100. The first kappa shape index (κ1) is 19.9. The number of anilines is 2. The predicted molar refractivity (Wildman–Crippen MR) is 125 cm³/mol. The minimum atomic E-state index is -0.0169. The Balaban J connectivity index is 1.36. The third kappa shape index (κ3) is 3.97. The molecule has 0 N–H and O–H groups in total. The minimum absolute atomic E-state index is 0.0110. The second-order valence-electron chi connectivity index (χ2n) is 9.06. The van der Waals surface area contributed by atoms with Crippen molar-refractivity contribution in [2.24, 2.45) is 11.8 Å². The van der Waals surface area contributed by atoms with Crippen LogP contribution in [-0.2, 0) is 11.2 Å². The molecule has 0 bridgehead atoms. The first-order chi connectivity index (χ1) is 15.1. The summed E-state index contributed by atoms with van der Waals surface area (Å²) in [6.45, 7) is 7.39. The number of hydrogen-bond acceptors (Lipinski definition) is 4. The molecule has 0 radical (unpaired) electrons. The molecule has 1 aromatic heterocycles. The van der Waals surface area contributed by atoms with Gasteiger partial charge in [0, 0.05) is 30.7 Å². The van der Waals surface area contributed by atoms with Gasteiger partial charge in [-0.1, -0.05) is 44.2 Å². The molecule has 2 aromatic carbocycles. The van der Waals surface area contributed by atoms with E-state index in [9.17, 15) is 4.79 Å². The maximum absolute atomic E-state index is 12.9. The van der Waals surface area contributed by atoms with E-state index >= 15 is 0 Å². The molecule has 1 amide bonds. The lowest BCUT2D eigenvalue weighted by Crippen LogP contribution is -2.39. The lowest BCUT2D eigenvalue weighted by Gasteiger charge is -2.35. The van der Waals surface area contributed by atoms with Crippen LogP contribution in [0.1, 0.15) is 25.8 Å². The number of para-hydroxylation sites is 2. The summed E-state index contributed by atoms with van der Waals surface area (Å²) < 4.78 is 6.02. The van der Waals surface area contributed by atoms with Gasteiger partial charge in [0.05, 0.1) is 0 Å². The van der Waals surface area contributed by atoms with Crippen LogP contribution in [0.25, 0.3) is 10.9 Å². The van der Waals surface area contributed by atoms with Crippen LogP contribution >= 0.6 is 0 Å². The molecule has 3 heterocycles. The van der Waals surface area contributed by atoms with Gasteiger partial charge in [-0.25, -0.2) is 4.98 Å². The van der Waals surface area contributed by atoms with Gasteiger partial charge in [0.15, 0.2) is 6.61 Å². The van der Waals surface area contributed by atoms with E-state index in [0.717, 1.165) is 41.9 Å². The lowest BCUT2D eigenvalue weighted by atomic mass is 9.92. The Hall–Kier alpha value is -3.08. The zero-order chi connectivity index (χ0) is 21.4. The molecular weight excluding hydrogens is 386 g/mol. The number of carbonyl (C=O) groups excluding carboxylic acids is 1. The predicted octanol–water partition coefficient (Wildman–Crippen LogP) is 4.69. The molecule has 5 rings (SSSR count). The monoisotopic (exact) mass is 415 g/mol. The molecule has 0 aliphatic carbocycles. The van der Waals surface area contributed by atoms with Crippen LogP contribution in [0.2, 0.25) is 0 Å². The van der Waals surface area contributed by atoms with Gasteiger partial charge < -0.3 is 14.5 Å². The molecule has 2 aliphatic rings. The van der Waals surface area contributed by atoms with E-state index in [1.807, 2.05) is 41.3 Å². The summed E-state index contributed by atoms with van der Waals surface area (Å²) in [6.07, 6.45) is 2.16. The van der Waals surface area contributed by atoms with Crippen molar-refractivity contribution < 1.29 is 9.53 Å². The highest BCUT2D eigenvalue weighted by atomic mass is 16.5. The van der Waals surface area contributed by atoms with E-state index < -0.39 is 0 Å². The van der Waals surface area contributed by atoms with Gasteiger partial charge in [0.2, 0.25) is 0 Å². The fourth-order valence-electron chi connectivity index (χ4n) is 5.07. The number of piperidine rings is 1. The quantitative estimate of drug-likeness (QED) is 0.620. The van der Waals surface area contributed by atoms with Crippen molar-refractivity contribution in [3.05, 3.63) is 60.2 Å². The molecule has 0 saturated carbocycles. The Morgan fingerprint density at radius 1 is 1.03 bits per heavy atom. The molecule has 5 heteroatoms. The normalized spacial score (nSPS) is 20.7. The third-order valence-corrected chi connectivity index (χ3v) is 6.40. The second kappa shape index (κ2) is 8.22. The van der Waals surface area contributed by atoms with Crippen LogP contribution in [-0.4, -0.2) is 37.1 Å². The number of rotatable bonds is 4. The summed E-state index contributed by atoms with van der Waals surface area (Å²) >= 11 is 0.